The number of alkyl halides is 3. The maximum atomic E-state index is 12.4. The summed E-state index contributed by atoms with van der Waals surface area (Å²) in [7, 11) is 0. The smallest absolute Gasteiger partial charge is 0.166 e. The third-order valence-electron chi connectivity index (χ3n) is 1.60. The van der Waals surface area contributed by atoms with Gasteiger partial charge in [-0.1, -0.05) is 15.9 Å². The molecule has 1 aromatic rings. The van der Waals surface area contributed by atoms with Crippen LogP contribution in [0, 0.1) is 0 Å². The molecule has 0 bridgehead atoms. The number of hydrogen-bond acceptors (Lipinski definition) is 1. The number of hydrogen-bond donors (Lipinski definition) is 0. The van der Waals surface area contributed by atoms with E-state index in [0.29, 0.717) is 15.8 Å². The van der Waals surface area contributed by atoms with Gasteiger partial charge in [-0.15, -0.1) is 0 Å². The lowest BCUT2D eigenvalue weighted by molar-refractivity contribution is -0.137. The summed E-state index contributed by atoms with van der Waals surface area (Å²) in [6.07, 6.45) is -2.41. The van der Waals surface area contributed by atoms with E-state index in [1.54, 1.807) is 6.07 Å². The molecule has 0 saturated carbocycles. The van der Waals surface area contributed by atoms with Crippen LogP contribution in [0.15, 0.2) is 22.7 Å². The van der Waals surface area contributed by atoms with Gasteiger partial charge in [0.15, 0.2) is 0 Å². The molecule has 0 spiro atoms. The molecule has 78 valence electrons. The van der Waals surface area contributed by atoms with Gasteiger partial charge < -0.3 is 0 Å². The molecule has 0 aliphatic carbocycles. The molecular weight excluding hydrogens is 277 g/mol. The Morgan fingerprint density at radius 3 is 2.43 bits per heavy atom. The molecule has 0 aliphatic rings. The summed E-state index contributed by atoms with van der Waals surface area (Å²) in [4.78, 5) is 0. The summed E-state index contributed by atoms with van der Waals surface area (Å²) in [6.45, 7) is 0. The van der Waals surface area contributed by atoms with Crippen molar-refractivity contribution in [3.8, 4) is 0 Å². The highest BCUT2D eigenvalue weighted by Crippen LogP contribution is 2.32. The van der Waals surface area contributed by atoms with Crippen molar-refractivity contribution >= 4 is 27.7 Å². The Kier molecular flexibility index (Phi) is 3.89. The molecule has 0 fully saturated rings. The van der Waals surface area contributed by atoms with Crippen molar-refractivity contribution in [1.29, 1.82) is 0 Å². The first kappa shape index (κ1) is 11.9. The van der Waals surface area contributed by atoms with Crippen LogP contribution in [0.25, 0.3) is 0 Å². The largest absolute Gasteiger partial charge is 0.416 e. The fourth-order valence-electron chi connectivity index (χ4n) is 1.06. The Morgan fingerprint density at radius 1 is 1.29 bits per heavy atom. The Labute approximate surface area is 93.0 Å². The highest BCUT2D eigenvalue weighted by atomic mass is 79.9. The van der Waals surface area contributed by atoms with E-state index < -0.39 is 11.7 Å². The van der Waals surface area contributed by atoms with Gasteiger partial charge in [-0.2, -0.15) is 24.9 Å². The summed E-state index contributed by atoms with van der Waals surface area (Å²) in [5.74, 6) is 0.586. The Morgan fingerprint density at radius 2 is 1.93 bits per heavy atom. The highest BCUT2D eigenvalue weighted by Gasteiger charge is 2.30. The second-order valence-electron chi connectivity index (χ2n) is 2.78. The lowest BCUT2D eigenvalue weighted by Crippen LogP contribution is -2.05. The zero-order valence-electron chi connectivity index (χ0n) is 7.36. The number of thioether (sulfide) groups is 1. The maximum absolute atomic E-state index is 12.4. The monoisotopic (exact) mass is 284 g/mol. The average molecular weight is 285 g/mol. The van der Waals surface area contributed by atoms with Gasteiger partial charge in [-0.25, -0.2) is 0 Å². The molecule has 14 heavy (non-hydrogen) atoms. The van der Waals surface area contributed by atoms with Crippen LogP contribution in [0.4, 0.5) is 13.2 Å². The van der Waals surface area contributed by atoms with Gasteiger partial charge in [-0.3, -0.25) is 0 Å². The predicted molar refractivity (Wildman–Crippen MR) is 56.4 cm³/mol. The van der Waals surface area contributed by atoms with E-state index in [2.05, 4.69) is 15.9 Å². The van der Waals surface area contributed by atoms with Gasteiger partial charge in [0.25, 0.3) is 0 Å². The molecule has 0 amide bonds. The molecule has 0 aromatic heterocycles. The second-order valence-corrected chi connectivity index (χ2v) is 4.56. The predicted octanol–water partition coefficient (Wildman–Crippen LogP) is 4.33. The van der Waals surface area contributed by atoms with Crippen molar-refractivity contribution in [2.24, 2.45) is 0 Å². The van der Waals surface area contributed by atoms with Gasteiger partial charge in [0.05, 0.1) is 5.56 Å². The Bertz CT molecular complexity index is 322. The maximum Gasteiger partial charge on any atom is 0.416 e. The third-order valence-corrected chi connectivity index (χ3v) is 2.68. The standard InChI is InChI=1S/C9H8BrF3S/c1-14-5-6-2-7(9(11,12)13)4-8(10)3-6/h2-4H,5H2,1H3. The summed E-state index contributed by atoms with van der Waals surface area (Å²) >= 11 is 4.56. The SMILES string of the molecule is CSCc1cc(Br)cc(C(F)(F)F)c1. The summed E-state index contributed by atoms with van der Waals surface area (Å²) in [6, 6.07) is 3.97. The normalized spacial score (nSPS) is 11.8. The van der Waals surface area contributed by atoms with Gasteiger partial charge in [0.1, 0.15) is 0 Å². The molecule has 1 aromatic carbocycles. The third kappa shape index (κ3) is 3.20. The molecule has 0 aliphatic heterocycles. The van der Waals surface area contributed by atoms with Gasteiger partial charge in [-0.05, 0) is 30.0 Å². The molecule has 0 heterocycles. The zero-order chi connectivity index (χ0) is 10.8. The van der Waals surface area contributed by atoms with Crippen LogP contribution in [-0.4, -0.2) is 6.26 Å². The van der Waals surface area contributed by atoms with Crippen LogP contribution in [0.5, 0.6) is 0 Å². The number of halogens is 4. The number of rotatable bonds is 2. The van der Waals surface area contributed by atoms with Crippen LogP contribution < -0.4 is 0 Å². The van der Waals surface area contributed by atoms with E-state index >= 15 is 0 Å². The van der Waals surface area contributed by atoms with Gasteiger partial charge in [0, 0.05) is 10.2 Å². The Balaban J connectivity index is 3.07. The molecule has 0 N–H and O–H groups in total. The molecule has 1 rings (SSSR count). The van der Waals surface area contributed by atoms with E-state index in [1.165, 1.54) is 17.8 Å². The quantitative estimate of drug-likeness (QED) is 0.779. The second kappa shape index (κ2) is 4.57. The van der Waals surface area contributed by atoms with Crippen molar-refractivity contribution in [2.75, 3.05) is 6.26 Å². The minimum absolute atomic E-state index is 0.469. The highest BCUT2D eigenvalue weighted by molar-refractivity contribution is 9.10. The van der Waals surface area contributed by atoms with E-state index in [4.69, 9.17) is 0 Å². The first-order valence-corrected chi connectivity index (χ1v) is 5.98. The molecular formula is C9H8BrF3S. The molecule has 0 saturated heterocycles. The Hall–Kier alpha value is -0.160. The van der Waals surface area contributed by atoms with Gasteiger partial charge >= 0.3 is 6.18 Å². The van der Waals surface area contributed by atoms with E-state index in [9.17, 15) is 13.2 Å². The minimum atomic E-state index is -4.27. The summed E-state index contributed by atoms with van der Waals surface area (Å²) in [5, 5.41) is 0. The van der Waals surface area contributed by atoms with Crippen LogP contribution in [-0.2, 0) is 11.9 Å². The van der Waals surface area contributed by atoms with Crippen LogP contribution in [0.1, 0.15) is 11.1 Å². The molecule has 0 unspecified atom stereocenters. The summed E-state index contributed by atoms with van der Waals surface area (Å²) < 4.78 is 37.6. The fraction of sp³-hybridized carbons (Fsp3) is 0.333. The molecule has 0 radical (unpaired) electrons. The van der Waals surface area contributed by atoms with Crippen molar-refractivity contribution in [1.82, 2.24) is 0 Å². The average Bonchev–Trinajstić information content (AvgIpc) is 2.02. The molecule has 5 heteroatoms. The van der Waals surface area contributed by atoms with E-state index in [-0.39, 0.29) is 0 Å². The first-order valence-electron chi connectivity index (χ1n) is 3.79. The molecule has 0 nitrogen and oxygen atoms in total. The van der Waals surface area contributed by atoms with E-state index in [1.807, 2.05) is 6.26 Å². The summed E-state index contributed by atoms with van der Waals surface area (Å²) in [5.41, 5.74) is 0.0788. The lowest BCUT2D eigenvalue weighted by Gasteiger charge is -2.09. The zero-order valence-corrected chi connectivity index (χ0v) is 9.76. The van der Waals surface area contributed by atoms with E-state index in [0.717, 1.165) is 6.07 Å². The first-order chi connectivity index (χ1) is 6.43. The van der Waals surface area contributed by atoms with Crippen molar-refractivity contribution in [3.63, 3.8) is 0 Å². The van der Waals surface area contributed by atoms with Crippen molar-refractivity contribution < 1.29 is 13.2 Å². The van der Waals surface area contributed by atoms with Crippen LogP contribution >= 0.6 is 27.7 Å². The van der Waals surface area contributed by atoms with Crippen molar-refractivity contribution in [3.05, 3.63) is 33.8 Å². The molecule has 0 atom stereocenters. The van der Waals surface area contributed by atoms with Crippen LogP contribution in [0.2, 0.25) is 0 Å². The fourth-order valence-corrected chi connectivity index (χ4v) is 2.10. The number of benzene rings is 1. The lowest BCUT2D eigenvalue weighted by atomic mass is 10.1. The van der Waals surface area contributed by atoms with Crippen molar-refractivity contribution in [2.45, 2.75) is 11.9 Å². The topological polar surface area (TPSA) is 0 Å². The minimum Gasteiger partial charge on any atom is -0.166 e. The van der Waals surface area contributed by atoms with Gasteiger partial charge in [0.2, 0.25) is 0 Å². The van der Waals surface area contributed by atoms with Crippen LogP contribution in [0.3, 0.4) is 0 Å².